The van der Waals surface area contributed by atoms with E-state index < -0.39 is 12.0 Å². The molecule has 0 aromatic carbocycles. The van der Waals surface area contributed by atoms with Crippen molar-refractivity contribution in [3.63, 3.8) is 0 Å². The zero-order valence-corrected chi connectivity index (χ0v) is 15.7. The number of nitrogens with zero attached hydrogens (tertiary/aromatic N) is 3. The van der Waals surface area contributed by atoms with Gasteiger partial charge >= 0.3 is 0 Å². The van der Waals surface area contributed by atoms with E-state index >= 15 is 0 Å². The Bertz CT molecular complexity index is 788. The first kappa shape index (κ1) is 19.2. The van der Waals surface area contributed by atoms with Gasteiger partial charge in [-0.1, -0.05) is 6.92 Å². The zero-order valence-electron chi connectivity index (χ0n) is 15.7. The Hall–Kier alpha value is -2.57. The Morgan fingerprint density at radius 3 is 2.63 bits per heavy atom. The number of hydrogen-bond acceptors (Lipinski definition) is 4. The van der Waals surface area contributed by atoms with Gasteiger partial charge in [0.2, 0.25) is 5.92 Å². The van der Waals surface area contributed by atoms with E-state index in [1.165, 1.54) is 6.20 Å². The van der Waals surface area contributed by atoms with Crippen LogP contribution in [0.25, 0.3) is 0 Å². The van der Waals surface area contributed by atoms with Crippen molar-refractivity contribution in [1.29, 1.82) is 0 Å². The number of anilines is 1. The molecule has 2 unspecified atom stereocenters. The predicted octanol–water partition coefficient (Wildman–Crippen LogP) is 4.12. The van der Waals surface area contributed by atoms with Crippen LogP contribution in [0.1, 0.15) is 44.0 Å². The van der Waals surface area contributed by atoms with Crippen LogP contribution in [0.5, 0.6) is 5.75 Å². The normalized spacial score (nSPS) is 18.6. The molecule has 7 heteroatoms. The number of halogens is 2. The van der Waals surface area contributed by atoms with Gasteiger partial charge in [-0.05, 0) is 38.1 Å². The molecule has 3 heterocycles. The van der Waals surface area contributed by atoms with Gasteiger partial charge in [-0.25, -0.2) is 8.78 Å². The summed E-state index contributed by atoms with van der Waals surface area (Å²) in [6, 6.07) is 7.08. The van der Waals surface area contributed by atoms with E-state index in [1.807, 2.05) is 19.1 Å². The highest BCUT2D eigenvalue weighted by Gasteiger charge is 2.34. The first-order valence-electron chi connectivity index (χ1n) is 8.97. The molecule has 144 valence electrons. The van der Waals surface area contributed by atoms with Crippen LogP contribution in [-0.4, -0.2) is 34.4 Å². The van der Waals surface area contributed by atoms with E-state index in [0.717, 1.165) is 18.3 Å². The average molecular weight is 375 g/mol. The Morgan fingerprint density at radius 2 is 2.04 bits per heavy atom. The quantitative estimate of drug-likeness (QED) is 0.762. The molecule has 0 saturated carbocycles. The van der Waals surface area contributed by atoms with Crippen molar-refractivity contribution in [2.24, 2.45) is 0 Å². The van der Waals surface area contributed by atoms with Crippen molar-refractivity contribution >= 4 is 11.6 Å². The summed E-state index contributed by atoms with van der Waals surface area (Å²) in [7, 11) is 0. The molecule has 5 nitrogen and oxygen atoms in total. The molecule has 0 aliphatic carbocycles. The number of hydrogen-bond donors (Lipinski definition) is 0. The van der Waals surface area contributed by atoms with Crippen molar-refractivity contribution < 1.29 is 18.3 Å². The van der Waals surface area contributed by atoms with E-state index in [1.54, 1.807) is 30.2 Å². The smallest absolute Gasteiger partial charge is 0.268 e. The third kappa shape index (κ3) is 4.78. The maximum Gasteiger partial charge on any atom is 0.268 e. The lowest BCUT2D eigenvalue weighted by atomic mass is 10.00. The molecular weight excluding hydrogens is 352 g/mol. The van der Waals surface area contributed by atoms with Gasteiger partial charge in [-0.3, -0.25) is 14.8 Å². The maximum atomic E-state index is 13.2. The number of aryl methyl sites for hydroxylation is 1. The second-order valence-corrected chi connectivity index (χ2v) is 7.14. The van der Waals surface area contributed by atoms with Gasteiger partial charge < -0.3 is 9.64 Å². The lowest BCUT2D eigenvalue weighted by molar-refractivity contribution is -0.122. The maximum absolute atomic E-state index is 13.2. The number of alkyl halides is 2. The highest BCUT2D eigenvalue weighted by molar-refractivity contribution is 5.98. The van der Waals surface area contributed by atoms with Crippen LogP contribution in [0.4, 0.5) is 14.5 Å². The third-order valence-electron chi connectivity index (χ3n) is 4.57. The number of aromatic nitrogens is 2. The molecule has 27 heavy (non-hydrogen) atoms. The number of ether oxygens (including phenoxy) is 1. The monoisotopic (exact) mass is 375 g/mol. The zero-order chi connectivity index (χ0) is 19.6. The standard InChI is InChI=1S/C20H23F2N3O2/c1-13(10-20(3,21)22)17-7-6-16(12-24-17)27-18-8-9-25(19(18)26)15-5-4-14(2)23-11-15/h4-7,11-13,18H,8-10H2,1-3H3. The Kier molecular flexibility index (Phi) is 5.39. The molecule has 1 aliphatic rings. The van der Waals surface area contributed by atoms with Crippen molar-refractivity contribution in [3.05, 3.63) is 48.0 Å². The van der Waals surface area contributed by atoms with E-state index in [9.17, 15) is 13.6 Å². The minimum Gasteiger partial charge on any atom is -0.479 e. The van der Waals surface area contributed by atoms with Crippen molar-refractivity contribution in [3.8, 4) is 5.75 Å². The van der Waals surface area contributed by atoms with Gasteiger partial charge in [0.1, 0.15) is 5.75 Å². The highest BCUT2D eigenvalue weighted by atomic mass is 19.3. The fourth-order valence-electron chi connectivity index (χ4n) is 3.20. The van der Waals surface area contributed by atoms with Crippen molar-refractivity contribution in [2.45, 2.75) is 51.6 Å². The molecule has 0 radical (unpaired) electrons. The van der Waals surface area contributed by atoms with Crippen LogP contribution in [0.3, 0.4) is 0 Å². The number of amides is 1. The lowest BCUT2D eigenvalue weighted by Gasteiger charge is -2.18. The number of carbonyl (C=O) groups excluding carboxylic acids is 1. The minimum atomic E-state index is -2.74. The van der Waals surface area contributed by atoms with Crippen molar-refractivity contribution in [1.82, 2.24) is 9.97 Å². The Balaban J connectivity index is 1.62. The van der Waals surface area contributed by atoms with Crippen LogP contribution in [0, 0.1) is 6.92 Å². The number of carbonyl (C=O) groups is 1. The Labute approximate surface area is 157 Å². The van der Waals surface area contributed by atoms with Gasteiger partial charge in [0.05, 0.1) is 18.1 Å². The summed E-state index contributed by atoms with van der Waals surface area (Å²) in [5.41, 5.74) is 2.22. The van der Waals surface area contributed by atoms with Crippen molar-refractivity contribution in [2.75, 3.05) is 11.4 Å². The molecule has 3 rings (SSSR count). The summed E-state index contributed by atoms with van der Waals surface area (Å²) in [6.45, 7) is 5.07. The van der Waals surface area contributed by atoms with Gasteiger partial charge in [-0.2, -0.15) is 0 Å². The summed E-state index contributed by atoms with van der Waals surface area (Å²) < 4.78 is 32.1. The van der Waals surface area contributed by atoms with E-state index in [2.05, 4.69) is 9.97 Å². The number of rotatable bonds is 6. The summed E-state index contributed by atoms with van der Waals surface area (Å²) in [6.07, 6.45) is 2.88. The Morgan fingerprint density at radius 1 is 1.26 bits per heavy atom. The van der Waals surface area contributed by atoms with Crippen LogP contribution in [-0.2, 0) is 4.79 Å². The fraction of sp³-hybridized carbons (Fsp3) is 0.450. The van der Waals surface area contributed by atoms with Gasteiger partial charge in [-0.15, -0.1) is 0 Å². The van der Waals surface area contributed by atoms with Crippen LogP contribution in [0.15, 0.2) is 36.7 Å². The van der Waals surface area contributed by atoms with Crippen LogP contribution < -0.4 is 9.64 Å². The molecular formula is C20H23F2N3O2. The fourth-order valence-corrected chi connectivity index (χ4v) is 3.20. The molecule has 2 atom stereocenters. The molecule has 1 amide bonds. The molecule has 0 bridgehead atoms. The lowest BCUT2D eigenvalue weighted by Crippen LogP contribution is -2.32. The van der Waals surface area contributed by atoms with E-state index in [0.29, 0.717) is 24.4 Å². The van der Waals surface area contributed by atoms with Gasteiger partial charge in [0, 0.05) is 36.7 Å². The number of pyridine rings is 2. The topological polar surface area (TPSA) is 55.3 Å². The first-order chi connectivity index (χ1) is 12.7. The largest absolute Gasteiger partial charge is 0.479 e. The van der Waals surface area contributed by atoms with Crippen LogP contribution in [0.2, 0.25) is 0 Å². The van der Waals surface area contributed by atoms with Gasteiger partial charge in [0.15, 0.2) is 6.10 Å². The predicted molar refractivity (Wildman–Crippen MR) is 98.3 cm³/mol. The van der Waals surface area contributed by atoms with Crippen LogP contribution >= 0.6 is 0 Å². The molecule has 1 fully saturated rings. The third-order valence-corrected chi connectivity index (χ3v) is 4.57. The summed E-state index contributed by atoms with van der Waals surface area (Å²) in [5.74, 6) is -2.77. The summed E-state index contributed by atoms with van der Waals surface area (Å²) in [5, 5.41) is 0. The SMILES string of the molecule is Cc1ccc(N2CCC(Oc3ccc(C(C)CC(C)(F)F)nc3)C2=O)cn1. The molecule has 2 aromatic heterocycles. The van der Waals surface area contributed by atoms with E-state index in [4.69, 9.17) is 4.74 Å². The average Bonchev–Trinajstić information content (AvgIpc) is 2.95. The van der Waals surface area contributed by atoms with Gasteiger partial charge in [0.25, 0.3) is 5.91 Å². The highest BCUT2D eigenvalue weighted by Crippen LogP contribution is 2.29. The summed E-state index contributed by atoms with van der Waals surface area (Å²) in [4.78, 5) is 22.7. The molecule has 0 N–H and O–H groups in total. The molecule has 2 aromatic rings. The molecule has 1 saturated heterocycles. The summed E-state index contributed by atoms with van der Waals surface area (Å²) >= 11 is 0. The second-order valence-electron chi connectivity index (χ2n) is 7.14. The molecule has 0 spiro atoms. The van der Waals surface area contributed by atoms with E-state index in [-0.39, 0.29) is 18.2 Å². The first-order valence-corrected chi connectivity index (χ1v) is 8.97. The molecule has 1 aliphatic heterocycles. The second kappa shape index (κ2) is 7.58. The minimum absolute atomic E-state index is 0.122.